The number of piperazine rings is 1. The van der Waals surface area contributed by atoms with Gasteiger partial charge < -0.3 is 5.32 Å². The van der Waals surface area contributed by atoms with Gasteiger partial charge in [-0.2, -0.15) is 13.2 Å². The Kier molecular flexibility index (Phi) is 9.63. The molecule has 0 radical (unpaired) electrons. The second-order valence-corrected chi connectivity index (χ2v) is 5.42. The maximum atomic E-state index is 14.1. The molecule has 0 bridgehead atoms. The Morgan fingerprint density at radius 3 is 2.36 bits per heavy atom. The normalized spacial score (nSPS) is 16.5. The van der Waals surface area contributed by atoms with Gasteiger partial charge in [0.2, 0.25) is 0 Å². The zero-order chi connectivity index (χ0) is 17.0. The van der Waals surface area contributed by atoms with Gasteiger partial charge in [-0.05, 0) is 12.5 Å². The van der Waals surface area contributed by atoms with Crippen LogP contribution in [0.2, 0.25) is 0 Å². The minimum absolute atomic E-state index is 0. The number of nitrogens with zero attached hydrogens (tertiary/aromatic N) is 2. The van der Waals surface area contributed by atoms with Crippen LogP contribution in [0.5, 0.6) is 0 Å². The van der Waals surface area contributed by atoms with Crippen molar-refractivity contribution in [3.63, 3.8) is 0 Å². The summed E-state index contributed by atoms with van der Waals surface area (Å²) in [5.41, 5.74) is -0.376. The van der Waals surface area contributed by atoms with Crippen LogP contribution >= 0.6 is 24.8 Å². The fourth-order valence-electron chi connectivity index (χ4n) is 2.73. The van der Waals surface area contributed by atoms with E-state index in [2.05, 4.69) is 5.32 Å². The van der Waals surface area contributed by atoms with E-state index in [4.69, 9.17) is 0 Å². The monoisotopic (exact) mass is 407 g/mol. The summed E-state index contributed by atoms with van der Waals surface area (Å²) in [5.74, 6) is -0.721. The number of hydrogen-bond acceptors (Lipinski definition) is 4. The topological polar surface area (TPSA) is 58.4 Å². The minimum Gasteiger partial charge on any atom is -0.314 e. The first-order chi connectivity index (χ1) is 10.8. The molecule has 1 aliphatic rings. The van der Waals surface area contributed by atoms with Crippen LogP contribution in [0.3, 0.4) is 0 Å². The average molecular weight is 408 g/mol. The number of halogens is 6. The lowest BCUT2D eigenvalue weighted by atomic mass is 9.98. The highest BCUT2D eigenvalue weighted by Gasteiger charge is 2.33. The highest BCUT2D eigenvalue weighted by atomic mass is 35.5. The summed E-state index contributed by atoms with van der Waals surface area (Å²) in [6.45, 7) is 2.09. The zero-order valence-electron chi connectivity index (χ0n) is 13.1. The van der Waals surface area contributed by atoms with Gasteiger partial charge in [0.25, 0.3) is 5.69 Å². The van der Waals surface area contributed by atoms with Crippen LogP contribution in [-0.4, -0.2) is 42.2 Å². The second kappa shape index (κ2) is 10.1. The van der Waals surface area contributed by atoms with E-state index in [0.29, 0.717) is 26.2 Å². The molecule has 0 amide bonds. The molecular weight excluding hydrogens is 389 g/mol. The van der Waals surface area contributed by atoms with Crippen molar-refractivity contribution in [3.05, 3.63) is 39.7 Å². The Labute approximate surface area is 154 Å². The number of benzene rings is 1. The first kappa shape index (κ1) is 23.8. The third-order valence-electron chi connectivity index (χ3n) is 3.84. The van der Waals surface area contributed by atoms with E-state index >= 15 is 0 Å². The highest BCUT2D eigenvalue weighted by Crippen LogP contribution is 2.34. The molecule has 0 aromatic heterocycles. The van der Waals surface area contributed by atoms with Gasteiger partial charge >= 0.3 is 6.18 Å². The third kappa shape index (κ3) is 6.93. The summed E-state index contributed by atoms with van der Waals surface area (Å²) in [5, 5.41) is 13.9. The first-order valence-electron chi connectivity index (χ1n) is 7.23. The number of non-ortho nitro benzene ring substituents is 1. The number of nitrogens with one attached hydrogen (secondary N) is 1. The van der Waals surface area contributed by atoms with Gasteiger partial charge in [-0.25, -0.2) is 4.39 Å². The van der Waals surface area contributed by atoms with Crippen LogP contribution in [0.25, 0.3) is 0 Å². The van der Waals surface area contributed by atoms with Gasteiger partial charge in [-0.15, -0.1) is 24.8 Å². The van der Waals surface area contributed by atoms with Crippen LogP contribution in [0.15, 0.2) is 18.2 Å². The predicted octanol–water partition coefficient (Wildman–Crippen LogP) is 3.87. The van der Waals surface area contributed by atoms with Gasteiger partial charge in [0.05, 0.1) is 4.92 Å². The quantitative estimate of drug-likeness (QED) is 0.457. The van der Waals surface area contributed by atoms with E-state index in [1.54, 1.807) is 4.90 Å². The molecule has 0 saturated carbocycles. The third-order valence-corrected chi connectivity index (χ3v) is 3.84. The Morgan fingerprint density at radius 2 is 1.84 bits per heavy atom. The van der Waals surface area contributed by atoms with Crippen molar-refractivity contribution in [1.29, 1.82) is 0 Å². The average Bonchev–Trinajstić information content (AvgIpc) is 2.49. The van der Waals surface area contributed by atoms with Crippen molar-refractivity contribution in [1.82, 2.24) is 10.2 Å². The van der Waals surface area contributed by atoms with Crippen molar-refractivity contribution in [2.75, 3.05) is 26.2 Å². The number of rotatable bonds is 5. The molecule has 1 atom stereocenters. The molecule has 1 aromatic carbocycles. The Bertz CT molecular complexity index is 569. The lowest BCUT2D eigenvalue weighted by Gasteiger charge is -2.35. The molecule has 1 N–H and O–H groups in total. The van der Waals surface area contributed by atoms with E-state index < -0.39 is 29.4 Å². The number of nitro benzene ring substituents is 1. The first-order valence-corrected chi connectivity index (χ1v) is 7.23. The Hall–Kier alpha value is -1.16. The minimum atomic E-state index is -4.36. The Balaban J connectivity index is 0.00000288. The van der Waals surface area contributed by atoms with E-state index in [1.807, 2.05) is 0 Å². The summed E-state index contributed by atoms with van der Waals surface area (Å²) in [6.07, 6.45) is -5.76. The number of alkyl halides is 3. The number of hydrogen-bond donors (Lipinski definition) is 1. The van der Waals surface area contributed by atoms with E-state index in [9.17, 15) is 27.7 Å². The summed E-state index contributed by atoms with van der Waals surface area (Å²) < 4.78 is 51.8. The smallest absolute Gasteiger partial charge is 0.314 e. The zero-order valence-corrected chi connectivity index (χ0v) is 14.7. The maximum Gasteiger partial charge on any atom is 0.389 e. The second-order valence-electron chi connectivity index (χ2n) is 5.42. The molecule has 5 nitrogen and oxygen atoms in total. The standard InChI is InChI=1S/C14H17F4N3O2.2ClH/c15-12-2-1-10(21(22)23)9-11(12)13(3-4-14(16,17)18)20-7-5-19-6-8-20;;/h1-2,9,13,19H,3-8H2;2*1H/t13-;;/m1../s1. The van der Waals surface area contributed by atoms with Gasteiger partial charge in [0.15, 0.2) is 0 Å². The van der Waals surface area contributed by atoms with Gasteiger partial charge in [0, 0.05) is 56.3 Å². The molecule has 0 spiro atoms. The summed E-state index contributed by atoms with van der Waals surface area (Å²) >= 11 is 0. The molecule has 0 aliphatic carbocycles. The molecule has 1 heterocycles. The molecule has 2 rings (SSSR count). The largest absolute Gasteiger partial charge is 0.389 e. The molecule has 1 aliphatic heterocycles. The lowest BCUT2D eigenvalue weighted by molar-refractivity contribution is -0.385. The van der Waals surface area contributed by atoms with Crippen LogP contribution in [0.1, 0.15) is 24.4 Å². The Morgan fingerprint density at radius 1 is 1.24 bits per heavy atom. The van der Waals surface area contributed by atoms with E-state index in [-0.39, 0.29) is 42.5 Å². The molecule has 144 valence electrons. The lowest BCUT2D eigenvalue weighted by Crippen LogP contribution is -2.45. The molecule has 11 heteroatoms. The predicted molar refractivity (Wildman–Crippen MR) is 90.0 cm³/mol. The molecule has 1 fully saturated rings. The van der Waals surface area contributed by atoms with Crippen molar-refractivity contribution in [2.24, 2.45) is 0 Å². The SMILES string of the molecule is Cl.Cl.O=[N+]([O-])c1ccc(F)c([C@@H](CCC(F)(F)F)N2CCNCC2)c1. The van der Waals surface area contributed by atoms with Crippen LogP contribution < -0.4 is 5.32 Å². The maximum absolute atomic E-state index is 14.1. The fraction of sp³-hybridized carbons (Fsp3) is 0.571. The van der Waals surface area contributed by atoms with Crippen molar-refractivity contribution < 1.29 is 22.5 Å². The van der Waals surface area contributed by atoms with Gasteiger partial charge in [-0.1, -0.05) is 0 Å². The fourth-order valence-corrected chi connectivity index (χ4v) is 2.73. The van der Waals surface area contributed by atoms with Crippen molar-refractivity contribution >= 4 is 30.5 Å². The number of nitro groups is 1. The van der Waals surface area contributed by atoms with E-state index in [1.165, 1.54) is 0 Å². The molecule has 0 unspecified atom stereocenters. The van der Waals surface area contributed by atoms with Gasteiger partial charge in [-0.3, -0.25) is 15.0 Å². The highest BCUT2D eigenvalue weighted by molar-refractivity contribution is 5.85. The molecular formula is C14H19Cl2F4N3O2. The van der Waals surface area contributed by atoms with Crippen molar-refractivity contribution in [2.45, 2.75) is 25.1 Å². The van der Waals surface area contributed by atoms with E-state index in [0.717, 1.165) is 18.2 Å². The van der Waals surface area contributed by atoms with Crippen molar-refractivity contribution in [3.8, 4) is 0 Å². The summed E-state index contributed by atoms with van der Waals surface area (Å²) in [4.78, 5) is 11.9. The van der Waals surface area contributed by atoms with Crippen LogP contribution in [0.4, 0.5) is 23.2 Å². The molecule has 1 aromatic rings. The summed E-state index contributed by atoms with van der Waals surface area (Å²) in [7, 11) is 0. The molecule has 1 saturated heterocycles. The van der Waals surface area contributed by atoms with Crippen LogP contribution in [0, 0.1) is 15.9 Å². The molecule has 25 heavy (non-hydrogen) atoms. The summed E-state index contributed by atoms with van der Waals surface area (Å²) in [6, 6.07) is 2.16. The van der Waals surface area contributed by atoms with Gasteiger partial charge in [0.1, 0.15) is 5.82 Å². The van der Waals surface area contributed by atoms with Crippen LogP contribution in [-0.2, 0) is 0 Å².